The van der Waals surface area contributed by atoms with Crippen LogP contribution in [0.3, 0.4) is 0 Å². The largest absolute Gasteiger partial charge is 0.364 e. The molecule has 0 bridgehead atoms. The highest BCUT2D eigenvalue weighted by atomic mass is 19.3. The van der Waals surface area contributed by atoms with Gasteiger partial charge in [-0.2, -0.15) is 8.78 Å². The van der Waals surface area contributed by atoms with E-state index in [1.54, 1.807) is 0 Å². The first-order valence-electron chi connectivity index (χ1n) is 9.93. The van der Waals surface area contributed by atoms with Crippen LogP contribution in [0.4, 0.5) is 30.7 Å². The first kappa shape index (κ1) is 21.2. The first-order chi connectivity index (χ1) is 12.7. The number of hydrogen-bond acceptors (Lipinski definition) is 1. The minimum atomic E-state index is -4.09. The van der Waals surface area contributed by atoms with Crippen LogP contribution >= 0.6 is 0 Å². The van der Waals surface area contributed by atoms with Crippen molar-refractivity contribution in [1.29, 1.82) is 0 Å². The zero-order valence-corrected chi connectivity index (χ0v) is 15.1. The molecule has 3 fully saturated rings. The lowest BCUT2D eigenvalue weighted by Gasteiger charge is -2.43. The van der Waals surface area contributed by atoms with Gasteiger partial charge in [0.05, 0.1) is 6.10 Å². The maximum Gasteiger partial charge on any atom is 0.364 e. The Kier molecular flexibility index (Phi) is 6.63. The van der Waals surface area contributed by atoms with Crippen LogP contribution < -0.4 is 0 Å². The lowest BCUT2D eigenvalue weighted by atomic mass is 9.69. The summed E-state index contributed by atoms with van der Waals surface area (Å²) < 4.78 is 103. The molecule has 3 aliphatic carbocycles. The minimum Gasteiger partial charge on any atom is -0.317 e. The molecule has 0 heterocycles. The van der Waals surface area contributed by atoms with Gasteiger partial charge in [-0.3, -0.25) is 0 Å². The fraction of sp³-hybridized carbons (Fsp3) is 1.00. The molecule has 158 valence electrons. The fourth-order valence-corrected chi connectivity index (χ4v) is 5.04. The van der Waals surface area contributed by atoms with E-state index < -0.39 is 61.3 Å². The molecule has 3 aliphatic rings. The summed E-state index contributed by atoms with van der Waals surface area (Å²) in [6.45, 7) is 0. The third-order valence-electron chi connectivity index (χ3n) is 6.51. The van der Waals surface area contributed by atoms with Crippen molar-refractivity contribution in [1.82, 2.24) is 0 Å². The molecule has 0 spiro atoms. The van der Waals surface area contributed by atoms with E-state index >= 15 is 0 Å². The number of halogens is 7. The van der Waals surface area contributed by atoms with Gasteiger partial charge in [0.1, 0.15) is 36.8 Å². The average molecular weight is 404 g/mol. The Labute approximate surface area is 155 Å². The van der Waals surface area contributed by atoms with Gasteiger partial charge < -0.3 is 4.74 Å². The van der Waals surface area contributed by atoms with Crippen molar-refractivity contribution < 1.29 is 35.5 Å². The van der Waals surface area contributed by atoms with E-state index in [2.05, 4.69) is 4.74 Å². The Hall–Kier alpha value is -0.530. The summed E-state index contributed by atoms with van der Waals surface area (Å²) >= 11 is 0. The minimum absolute atomic E-state index is 0.111. The molecule has 0 aromatic heterocycles. The standard InChI is InChI=1S/C19H27F7O/c20-12-3-1-2-10(6-12)11-7-16(23)18(17(24)8-11)19(25,26)27-13-4-5-14(21)15(22)9-13/h10-18H,1-9H2. The van der Waals surface area contributed by atoms with Gasteiger partial charge in [0.25, 0.3) is 0 Å². The molecule has 27 heavy (non-hydrogen) atoms. The summed E-state index contributed by atoms with van der Waals surface area (Å²) in [5, 5.41) is 0. The Morgan fingerprint density at radius 2 is 1.30 bits per heavy atom. The molecule has 0 aromatic carbocycles. The van der Waals surface area contributed by atoms with Crippen molar-refractivity contribution in [2.75, 3.05) is 0 Å². The number of alkyl halides is 7. The Morgan fingerprint density at radius 3 is 1.89 bits per heavy atom. The quantitative estimate of drug-likeness (QED) is 0.518. The van der Waals surface area contributed by atoms with Crippen molar-refractivity contribution in [2.24, 2.45) is 17.8 Å². The zero-order chi connectivity index (χ0) is 19.8. The van der Waals surface area contributed by atoms with Crippen LogP contribution in [0.25, 0.3) is 0 Å². The maximum absolute atomic E-state index is 14.6. The lowest BCUT2D eigenvalue weighted by molar-refractivity contribution is -0.321. The van der Waals surface area contributed by atoms with Gasteiger partial charge in [-0.25, -0.2) is 22.0 Å². The topological polar surface area (TPSA) is 9.23 Å². The second kappa shape index (κ2) is 8.46. The first-order valence-corrected chi connectivity index (χ1v) is 9.93. The van der Waals surface area contributed by atoms with Crippen LogP contribution in [0.5, 0.6) is 0 Å². The van der Waals surface area contributed by atoms with Crippen LogP contribution in [0.15, 0.2) is 0 Å². The summed E-state index contributed by atoms with van der Waals surface area (Å²) in [6.07, 6.45) is -13.6. The van der Waals surface area contributed by atoms with Crippen LogP contribution in [-0.4, -0.2) is 43.1 Å². The average Bonchev–Trinajstić information content (AvgIpc) is 2.57. The predicted octanol–water partition coefficient (Wildman–Crippen LogP) is 6.06. The van der Waals surface area contributed by atoms with Crippen LogP contribution in [-0.2, 0) is 4.74 Å². The Bertz CT molecular complexity index is 479. The van der Waals surface area contributed by atoms with Crippen LogP contribution in [0, 0.1) is 17.8 Å². The molecule has 0 amide bonds. The number of hydrogen-bond donors (Lipinski definition) is 0. The van der Waals surface area contributed by atoms with Crippen LogP contribution in [0.2, 0.25) is 0 Å². The van der Waals surface area contributed by atoms with Gasteiger partial charge in [0, 0.05) is 6.42 Å². The molecule has 7 atom stereocenters. The van der Waals surface area contributed by atoms with Gasteiger partial charge in [0.2, 0.25) is 0 Å². The van der Waals surface area contributed by atoms with E-state index in [1.165, 1.54) is 0 Å². The smallest absolute Gasteiger partial charge is 0.317 e. The molecule has 0 radical (unpaired) electrons. The Balaban J connectivity index is 1.60. The molecule has 1 nitrogen and oxygen atoms in total. The van der Waals surface area contributed by atoms with Crippen LogP contribution in [0.1, 0.15) is 57.8 Å². The van der Waals surface area contributed by atoms with Crippen molar-refractivity contribution in [3.05, 3.63) is 0 Å². The molecule has 0 N–H and O–H groups in total. The van der Waals surface area contributed by atoms with Gasteiger partial charge in [-0.05, 0) is 56.8 Å². The van der Waals surface area contributed by atoms with E-state index in [1.807, 2.05) is 0 Å². The molecule has 8 heteroatoms. The van der Waals surface area contributed by atoms with E-state index in [-0.39, 0.29) is 38.0 Å². The number of ether oxygens (including phenoxy) is 1. The van der Waals surface area contributed by atoms with E-state index in [0.29, 0.717) is 19.3 Å². The third-order valence-corrected chi connectivity index (χ3v) is 6.51. The summed E-state index contributed by atoms with van der Waals surface area (Å²) in [6, 6.07) is 0. The van der Waals surface area contributed by atoms with E-state index in [0.717, 1.165) is 0 Å². The lowest BCUT2D eigenvalue weighted by Crippen LogP contribution is -2.51. The fourth-order valence-electron chi connectivity index (χ4n) is 5.04. The maximum atomic E-state index is 14.6. The Morgan fingerprint density at radius 1 is 0.630 bits per heavy atom. The van der Waals surface area contributed by atoms with Crippen molar-refractivity contribution >= 4 is 0 Å². The highest BCUT2D eigenvalue weighted by molar-refractivity contribution is 4.95. The monoisotopic (exact) mass is 404 g/mol. The van der Waals surface area contributed by atoms with Crippen molar-refractivity contribution in [2.45, 2.75) is 101 Å². The van der Waals surface area contributed by atoms with E-state index in [9.17, 15) is 30.7 Å². The molecular formula is C19H27F7O. The van der Waals surface area contributed by atoms with Crippen molar-refractivity contribution in [3.8, 4) is 0 Å². The molecule has 3 saturated carbocycles. The molecule has 0 aliphatic heterocycles. The predicted molar refractivity (Wildman–Crippen MR) is 86.3 cm³/mol. The van der Waals surface area contributed by atoms with E-state index in [4.69, 9.17) is 0 Å². The second-order valence-electron chi connectivity index (χ2n) is 8.46. The number of rotatable bonds is 4. The van der Waals surface area contributed by atoms with Gasteiger partial charge in [-0.1, -0.05) is 6.42 Å². The summed E-state index contributed by atoms with van der Waals surface area (Å²) in [7, 11) is 0. The molecule has 7 unspecified atom stereocenters. The van der Waals surface area contributed by atoms with Crippen molar-refractivity contribution in [3.63, 3.8) is 0 Å². The van der Waals surface area contributed by atoms with Gasteiger partial charge >= 0.3 is 6.11 Å². The summed E-state index contributed by atoms with van der Waals surface area (Å²) in [4.78, 5) is 0. The highest BCUT2D eigenvalue weighted by Gasteiger charge is 2.56. The van der Waals surface area contributed by atoms with Gasteiger partial charge in [-0.15, -0.1) is 0 Å². The summed E-state index contributed by atoms with van der Waals surface area (Å²) in [5.74, 6) is -2.91. The SMILES string of the molecule is FC1CCCC(C2CC(F)C(C(F)(F)OC3CCC(F)C(F)C3)C(F)C2)C1. The summed E-state index contributed by atoms with van der Waals surface area (Å²) in [5.41, 5.74) is 0. The second-order valence-corrected chi connectivity index (χ2v) is 8.46. The molecule has 0 aromatic rings. The molecule has 0 saturated heterocycles. The van der Waals surface area contributed by atoms with Gasteiger partial charge in [0.15, 0.2) is 0 Å². The zero-order valence-electron chi connectivity index (χ0n) is 15.1. The molecule has 3 rings (SSSR count). The third kappa shape index (κ3) is 4.91. The normalized spacial score (nSPS) is 47.0. The molecular weight excluding hydrogens is 377 g/mol. The highest BCUT2D eigenvalue weighted by Crippen LogP contribution is 2.48.